The van der Waals surface area contributed by atoms with Crippen LogP contribution in [0.5, 0.6) is 0 Å². The van der Waals surface area contributed by atoms with E-state index < -0.39 is 0 Å². The van der Waals surface area contributed by atoms with Crippen molar-refractivity contribution in [2.75, 3.05) is 0 Å². The number of hydrogen-bond acceptors (Lipinski definition) is 3. The molecule has 0 radical (unpaired) electrons. The van der Waals surface area contributed by atoms with Crippen molar-refractivity contribution in [3.63, 3.8) is 0 Å². The van der Waals surface area contributed by atoms with E-state index in [1.54, 1.807) is 30.3 Å². The molecule has 1 heterocycles. The summed E-state index contributed by atoms with van der Waals surface area (Å²) in [5.74, 6) is 0.865. The number of hydrazone groups is 1. The summed E-state index contributed by atoms with van der Waals surface area (Å²) in [6, 6.07) is 8.65. The number of carbonyl (C=O) groups excluding carboxylic acids is 1. The van der Waals surface area contributed by atoms with Gasteiger partial charge in [0.25, 0.3) is 0 Å². The van der Waals surface area contributed by atoms with Gasteiger partial charge in [-0.25, -0.2) is 5.43 Å². The van der Waals surface area contributed by atoms with Crippen LogP contribution in [0.3, 0.4) is 0 Å². The van der Waals surface area contributed by atoms with E-state index in [-0.39, 0.29) is 5.91 Å². The molecule has 0 aliphatic rings. The quantitative estimate of drug-likeness (QED) is 0.693. The van der Waals surface area contributed by atoms with Crippen molar-refractivity contribution < 1.29 is 9.21 Å². The van der Waals surface area contributed by atoms with Crippen molar-refractivity contribution in [1.82, 2.24) is 5.43 Å². The number of hydrogen-bond donors (Lipinski definition) is 1. The van der Waals surface area contributed by atoms with E-state index in [2.05, 4.69) is 10.5 Å². The van der Waals surface area contributed by atoms with E-state index in [0.29, 0.717) is 21.6 Å². The third-order valence-electron chi connectivity index (χ3n) is 2.24. The van der Waals surface area contributed by atoms with Crippen molar-refractivity contribution >= 4 is 35.3 Å². The summed E-state index contributed by atoms with van der Waals surface area (Å²) in [6.07, 6.45) is 1.41. The van der Waals surface area contributed by atoms with Gasteiger partial charge >= 0.3 is 0 Å². The first-order valence-electron chi connectivity index (χ1n) is 5.41. The van der Waals surface area contributed by atoms with Gasteiger partial charge in [-0.3, -0.25) is 4.79 Å². The summed E-state index contributed by atoms with van der Waals surface area (Å²) in [7, 11) is 0. The van der Waals surface area contributed by atoms with Crippen LogP contribution >= 0.6 is 23.2 Å². The molecule has 1 aromatic heterocycles. The number of furan rings is 1. The second-order valence-electron chi connectivity index (χ2n) is 3.75. The highest BCUT2D eigenvalue weighted by Gasteiger charge is 2.08. The molecular formula is C13H10Cl2N2O2. The smallest absolute Gasteiger partial charge is 0.236 e. The maximum absolute atomic E-state index is 10.7. The van der Waals surface area contributed by atoms with E-state index in [0.717, 1.165) is 5.56 Å². The normalized spacial score (nSPS) is 10.9. The van der Waals surface area contributed by atoms with Gasteiger partial charge in [-0.2, -0.15) is 5.10 Å². The number of nitrogens with zero attached hydrogens (tertiary/aromatic N) is 1. The molecule has 2 aromatic rings. The maximum atomic E-state index is 10.7. The summed E-state index contributed by atoms with van der Waals surface area (Å²) >= 11 is 11.9. The van der Waals surface area contributed by atoms with Crippen LogP contribution in [0.25, 0.3) is 11.3 Å². The molecule has 1 N–H and O–H groups in total. The van der Waals surface area contributed by atoms with Gasteiger partial charge in [-0.1, -0.05) is 23.2 Å². The highest BCUT2D eigenvalue weighted by atomic mass is 35.5. The SMILES string of the molecule is CC(=O)NN=Cc1ccc(-c2ccc(Cl)cc2Cl)o1. The average Bonchev–Trinajstić information content (AvgIpc) is 2.77. The summed E-state index contributed by atoms with van der Waals surface area (Å²) in [5, 5.41) is 4.78. The number of amides is 1. The predicted molar refractivity (Wildman–Crippen MR) is 75.6 cm³/mol. The molecule has 0 fully saturated rings. The minimum atomic E-state index is -0.247. The molecule has 0 aliphatic carbocycles. The fraction of sp³-hybridized carbons (Fsp3) is 0.0769. The number of halogens is 2. The summed E-state index contributed by atoms with van der Waals surface area (Å²) in [6.45, 7) is 1.37. The van der Waals surface area contributed by atoms with E-state index in [9.17, 15) is 4.79 Å². The molecule has 2 rings (SSSR count). The zero-order valence-corrected chi connectivity index (χ0v) is 11.5. The molecule has 98 valence electrons. The molecule has 4 nitrogen and oxygen atoms in total. The van der Waals surface area contributed by atoms with Crippen LogP contribution in [0.1, 0.15) is 12.7 Å². The van der Waals surface area contributed by atoms with Crippen LogP contribution in [0.15, 0.2) is 39.9 Å². The largest absolute Gasteiger partial charge is 0.455 e. The number of carbonyl (C=O) groups is 1. The average molecular weight is 297 g/mol. The first-order chi connectivity index (χ1) is 9.06. The lowest BCUT2D eigenvalue weighted by atomic mass is 10.2. The zero-order valence-electron chi connectivity index (χ0n) is 9.98. The third kappa shape index (κ3) is 3.59. The van der Waals surface area contributed by atoms with Crippen LogP contribution in [0.4, 0.5) is 0 Å². The molecule has 6 heteroatoms. The minimum Gasteiger partial charge on any atom is -0.455 e. The van der Waals surface area contributed by atoms with Crippen molar-refractivity contribution in [3.8, 4) is 11.3 Å². The number of benzene rings is 1. The van der Waals surface area contributed by atoms with Crippen molar-refractivity contribution in [2.45, 2.75) is 6.92 Å². The Kier molecular flexibility index (Phi) is 4.24. The molecule has 19 heavy (non-hydrogen) atoms. The van der Waals surface area contributed by atoms with Gasteiger partial charge in [-0.05, 0) is 30.3 Å². The maximum Gasteiger partial charge on any atom is 0.236 e. The molecule has 0 aliphatic heterocycles. The molecule has 0 saturated heterocycles. The highest BCUT2D eigenvalue weighted by Crippen LogP contribution is 2.31. The monoisotopic (exact) mass is 296 g/mol. The Balaban J connectivity index is 2.21. The lowest BCUT2D eigenvalue weighted by Gasteiger charge is -2.00. The van der Waals surface area contributed by atoms with Crippen molar-refractivity contribution in [2.24, 2.45) is 5.10 Å². The van der Waals surface area contributed by atoms with Crippen LogP contribution < -0.4 is 5.43 Å². The second kappa shape index (κ2) is 5.91. The fourth-order valence-electron chi connectivity index (χ4n) is 1.44. The van der Waals surface area contributed by atoms with Crippen LogP contribution in [0.2, 0.25) is 10.0 Å². The van der Waals surface area contributed by atoms with E-state index in [1.165, 1.54) is 13.1 Å². The van der Waals surface area contributed by atoms with E-state index in [4.69, 9.17) is 27.6 Å². The number of nitrogens with one attached hydrogen (secondary N) is 1. The lowest BCUT2D eigenvalue weighted by Crippen LogP contribution is -2.12. The topological polar surface area (TPSA) is 54.6 Å². The van der Waals surface area contributed by atoms with E-state index in [1.807, 2.05) is 0 Å². The molecule has 1 amide bonds. The fourth-order valence-corrected chi connectivity index (χ4v) is 1.94. The molecule has 0 saturated carbocycles. The van der Waals surface area contributed by atoms with E-state index >= 15 is 0 Å². The highest BCUT2D eigenvalue weighted by molar-refractivity contribution is 6.36. The molecular weight excluding hydrogens is 287 g/mol. The molecule has 0 spiro atoms. The van der Waals surface area contributed by atoms with Gasteiger partial charge in [0, 0.05) is 17.5 Å². The van der Waals surface area contributed by atoms with Crippen LogP contribution in [-0.4, -0.2) is 12.1 Å². The summed E-state index contributed by atoms with van der Waals surface area (Å²) in [4.78, 5) is 10.7. The Labute approximate surface area is 120 Å². The molecule has 1 aromatic carbocycles. The third-order valence-corrected chi connectivity index (χ3v) is 2.78. The molecule has 0 unspecified atom stereocenters. The Hall–Kier alpha value is -1.78. The molecule has 0 atom stereocenters. The summed E-state index contributed by atoms with van der Waals surface area (Å²) in [5.41, 5.74) is 3.03. The zero-order chi connectivity index (χ0) is 13.8. The lowest BCUT2D eigenvalue weighted by molar-refractivity contribution is -0.118. The first kappa shape index (κ1) is 13.6. The predicted octanol–water partition coefficient (Wildman–Crippen LogP) is 3.72. The van der Waals surface area contributed by atoms with Gasteiger partial charge in [0.15, 0.2) is 0 Å². The Morgan fingerprint density at radius 3 is 2.79 bits per heavy atom. The van der Waals surface area contributed by atoms with Crippen LogP contribution in [-0.2, 0) is 4.79 Å². The first-order valence-corrected chi connectivity index (χ1v) is 6.17. The second-order valence-corrected chi connectivity index (χ2v) is 4.60. The standard InChI is InChI=1S/C13H10Cl2N2O2/c1-8(18)17-16-7-10-3-5-13(19-10)11-4-2-9(14)6-12(11)15/h2-7H,1H3,(H,17,18). The van der Waals surface area contributed by atoms with Gasteiger partial charge < -0.3 is 4.42 Å². The summed E-state index contributed by atoms with van der Waals surface area (Å²) < 4.78 is 5.54. The minimum absolute atomic E-state index is 0.247. The van der Waals surface area contributed by atoms with Gasteiger partial charge in [0.1, 0.15) is 11.5 Å². The Morgan fingerprint density at radius 1 is 1.32 bits per heavy atom. The van der Waals surface area contributed by atoms with Crippen molar-refractivity contribution in [1.29, 1.82) is 0 Å². The van der Waals surface area contributed by atoms with Crippen molar-refractivity contribution in [3.05, 3.63) is 46.1 Å². The van der Waals surface area contributed by atoms with Crippen LogP contribution in [0, 0.1) is 0 Å². The van der Waals surface area contributed by atoms with Gasteiger partial charge in [-0.15, -0.1) is 0 Å². The Morgan fingerprint density at radius 2 is 2.11 bits per heavy atom. The van der Waals surface area contributed by atoms with Gasteiger partial charge in [0.2, 0.25) is 5.91 Å². The van der Waals surface area contributed by atoms with Gasteiger partial charge in [0.05, 0.1) is 11.2 Å². The molecule has 0 bridgehead atoms. The number of rotatable bonds is 3. The Bertz CT molecular complexity index is 635.